The Bertz CT molecular complexity index is 1000. The maximum Gasteiger partial charge on any atom is 0.263 e. The molecule has 0 saturated carbocycles. The second-order valence-corrected chi connectivity index (χ2v) is 8.73. The van der Waals surface area contributed by atoms with Gasteiger partial charge in [0, 0.05) is 29.2 Å². The highest BCUT2D eigenvalue weighted by Crippen LogP contribution is 2.33. The van der Waals surface area contributed by atoms with Crippen LogP contribution in [-0.2, 0) is 4.79 Å². The number of nitrogens with one attached hydrogen (secondary N) is 1. The molecule has 162 valence electrons. The van der Waals surface area contributed by atoms with Crippen molar-refractivity contribution in [2.45, 2.75) is 45.1 Å². The lowest BCUT2D eigenvalue weighted by Gasteiger charge is -2.29. The molecule has 0 radical (unpaired) electrons. The number of ether oxygens (including phenoxy) is 1. The van der Waals surface area contributed by atoms with E-state index >= 15 is 0 Å². The van der Waals surface area contributed by atoms with Crippen LogP contribution in [0.5, 0.6) is 5.88 Å². The summed E-state index contributed by atoms with van der Waals surface area (Å²) in [6.45, 7) is 8.06. The summed E-state index contributed by atoms with van der Waals surface area (Å²) in [6, 6.07) is 23.7. The Morgan fingerprint density at radius 2 is 1.68 bits per heavy atom. The standard InChI is InChI=1S/C26H29ClN2O2/c1-18-9-8-12-24(29-18)31-26(3,4)25(30)28-17-23(21-10-6-5-7-11-21)19(2)20-13-15-22(27)16-14-20/h5-16,19,23H,17H2,1-4H3,(H,28,30)/t19-,23+/m1/s1. The van der Waals surface area contributed by atoms with E-state index in [9.17, 15) is 4.79 Å². The lowest BCUT2D eigenvalue weighted by Crippen LogP contribution is -2.48. The molecule has 2 aromatic carbocycles. The molecule has 5 heteroatoms. The fourth-order valence-corrected chi connectivity index (χ4v) is 3.71. The van der Waals surface area contributed by atoms with Crippen molar-refractivity contribution in [3.8, 4) is 5.88 Å². The number of nitrogens with zero attached hydrogens (tertiary/aromatic N) is 1. The van der Waals surface area contributed by atoms with Crippen LogP contribution in [0.3, 0.4) is 0 Å². The third-order valence-electron chi connectivity index (χ3n) is 5.48. The van der Waals surface area contributed by atoms with Gasteiger partial charge in [-0.2, -0.15) is 0 Å². The Kier molecular flexibility index (Phi) is 7.34. The predicted octanol–water partition coefficient (Wildman–Crippen LogP) is 5.90. The first-order chi connectivity index (χ1) is 14.8. The zero-order chi connectivity index (χ0) is 22.4. The second kappa shape index (κ2) is 9.97. The highest BCUT2D eigenvalue weighted by molar-refractivity contribution is 6.30. The maximum absolute atomic E-state index is 13.0. The van der Waals surface area contributed by atoms with Crippen molar-refractivity contribution in [2.75, 3.05) is 6.54 Å². The van der Waals surface area contributed by atoms with E-state index in [0.717, 1.165) is 5.69 Å². The van der Waals surface area contributed by atoms with Gasteiger partial charge in [-0.1, -0.05) is 67.1 Å². The quantitative estimate of drug-likeness (QED) is 0.478. The van der Waals surface area contributed by atoms with Gasteiger partial charge in [-0.05, 0) is 56.0 Å². The van der Waals surface area contributed by atoms with Gasteiger partial charge in [0.05, 0.1) is 0 Å². The van der Waals surface area contributed by atoms with Crippen LogP contribution in [0.25, 0.3) is 0 Å². The summed E-state index contributed by atoms with van der Waals surface area (Å²) in [5.41, 5.74) is 2.14. The third kappa shape index (κ3) is 6.08. The Morgan fingerprint density at radius 1 is 1.00 bits per heavy atom. The zero-order valence-electron chi connectivity index (χ0n) is 18.4. The maximum atomic E-state index is 13.0. The number of aryl methyl sites for hydroxylation is 1. The smallest absolute Gasteiger partial charge is 0.263 e. The molecular weight excluding hydrogens is 408 g/mol. The number of pyridine rings is 1. The molecule has 2 atom stereocenters. The van der Waals surface area contributed by atoms with Crippen molar-refractivity contribution in [3.63, 3.8) is 0 Å². The Morgan fingerprint density at radius 3 is 2.32 bits per heavy atom. The van der Waals surface area contributed by atoms with E-state index in [-0.39, 0.29) is 17.7 Å². The van der Waals surface area contributed by atoms with E-state index in [0.29, 0.717) is 17.4 Å². The molecular formula is C26H29ClN2O2. The summed E-state index contributed by atoms with van der Waals surface area (Å²) in [5.74, 6) is 0.538. The van der Waals surface area contributed by atoms with Crippen molar-refractivity contribution in [3.05, 3.63) is 94.6 Å². The minimum Gasteiger partial charge on any atom is -0.462 e. The fraction of sp³-hybridized carbons (Fsp3) is 0.308. The van der Waals surface area contributed by atoms with E-state index in [1.807, 2.05) is 61.5 Å². The number of hydrogen-bond acceptors (Lipinski definition) is 3. The molecule has 0 unspecified atom stereocenters. The molecule has 1 aromatic heterocycles. The van der Waals surface area contributed by atoms with Crippen LogP contribution < -0.4 is 10.1 Å². The Balaban J connectivity index is 1.75. The molecule has 1 amide bonds. The monoisotopic (exact) mass is 436 g/mol. The van der Waals surface area contributed by atoms with Gasteiger partial charge in [-0.3, -0.25) is 4.79 Å². The van der Waals surface area contributed by atoms with Gasteiger partial charge in [0.1, 0.15) is 0 Å². The van der Waals surface area contributed by atoms with Gasteiger partial charge in [0.25, 0.3) is 5.91 Å². The first-order valence-corrected chi connectivity index (χ1v) is 10.9. The minimum absolute atomic E-state index is 0.0965. The molecule has 0 fully saturated rings. The molecule has 0 bridgehead atoms. The number of carbonyl (C=O) groups excluding carboxylic acids is 1. The van der Waals surface area contributed by atoms with Crippen LogP contribution in [0.15, 0.2) is 72.8 Å². The minimum atomic E-state index is -1.05. The lowest BCUT2D eigenvalue weighted by atomic mass is 9.82. The SMILES string of the molecule is Cc1cccc(OC(C)(C)C(=O)NC[C@H](c2ccccc2)[C@H](C)c2ccc(Cl)cc2)n1. The van der Waals surface area contributed by atoms with E-state index in [1.165, 1.54) is 11.1 Å². The van der Waals surface area contributed by atoms with Crippen LogP contribution in [0, 0.1) is 6.92 Å². The van der Waals surface area contributed by atoms with Crippen LogP contribution in [0.2, 0.25) is 5.02 Å². The molecule has 31 heavy (non-hydrogen) atoms. The van der Waals surface area contributed by atoms with Crippen LogP contribution in [0.1, 0.15) is 49.4 Å². The normalized spacial score (nSPS) is 13.3. The summed E-state index contributed by atoms with van der Waals surface area (Å²) in [6.07, 6.45) is 0. The van der Waals surface area contributed by atoms with Crippen molar-refractivity contribution >= 4 is 17.5 Å². The summed E-state index contributed by atoms with van der Waals surface area (Å²) in [4.78, 5) is 17.4. The average molecular weight is 437 g/mol. The zero-order valence-corrected chi connectivity index (χ0v) is 19.2. The van der Waals surface area contributed by atoms with Crippen LogP contribution in [0.4, 0.5) is 0 Å². The summed E-state index contributed by atoms with van der Waals surface area (Å²) in [5, 5.41) is 3.81. The summed E-state index contributed by atoms with van der Waals surface area (Å²) >= 11 is 6.07. The summed E-state index contributed by atoms with van der Waals surface area (Å²) < 4.78 is 5.90. The molecule has 3 rings (SSSR count). The second-order valence-electron chi connectivity index (χ2n) is 8.30. The van der Waals surface area contributed by atoms with E-state index in [4.69, 9.17) is 16.3 Å². The Labute approximate surface area is 189 Å². The molecule has 0 aliphatic heterocycles. The number of rotatable bonds is 8. The van der Waals surface area contributed by atoms with Crippen LogP contribution in [-0.4, -0.2) is 23.0 Å². The number of aromatic nitrogens is 1. The predicted molar refractivity (Wildman–Crippen MR) is 126 cm³/mol. The van der Waals surface area contributed by atoms with E-state index in [2.05, 4.69) is 29.4 Å². The summed E-state index contributed by atoms with van der Waals surface area (Å²) in [7, 11) is 0. The number of amides is 1. The first kappa shape index (κ1) is 22.8. The van der Waals surface area contributed by atoms with E-state index < -0.39 is 5.60 Å². The number of halogens is 1. The molecule has 0 aliphatic carbocycles. The van der Waals surface area contributed by atoms with Gasteiger partial charge in [-0.15, -0.1) is 0 Å². The molecule has 3 aromatic rings. The van der Waals surface area contributed by atoms with Gasteiger partial charge in [0.2, 0.25) is 5.88 Å². The van der Waals surface area contributed by atoms with Gasteiger partial charge in [0.15, 0.2) is 5.60 Å². The van der Waals surface area contributed by atoms with Crippen molar-refractivity contribution in [1.29, 1.82) is 0 Å². The van der Waals surface area contributed by atoms with Crippen molar-refractivity contribution in [2.24, 2.45) is 0 Å². The third-order valence-corrected chi connectivity index (χ3v) is 5.73. The number of benzene rings is 2. The topological polar surface area (TPSA) is 51.2 Å². The highest BCUT2D eigenvalue weighted by Gasteiger charge is 2.32. The lowest BCUT2D eigenvalue weighted by molar-refractivity contribution is -0.134. The molecule has 1 N–H and O–H groups in total. The van der Waals surface area contributed by atoms with Gasteiger partial charge < -0.3 is 10.1 Å². The van der Waals surface area contributed by atoms with Gasteiger partial charge in [-0.25, -0.2) is 4.98 Å². The highest BCUT2D eigenvalue weighted by atomic mass is 35.5. The fourth-order valence-electron chi connectivity index (χ4n) is 3.58. The molecule has 0 saturated heterocycles. The Hall–Kier alpha value is -2.85. The van der Waals surface area contributed by atoms with Crippen molar-refractivity contribution < 1.29 is 9.53 Å². The molecule has 0 aliphatic rings. The van der Waals surface area contributed by atoms with Crippen LogP contribution >= 0.6 is 11.6 Å². The largest absolute Gasteiger partial charge is 0.462 e. The number of hydrogen-bond donors (Lipinski definition) is 1. The first-order valence-electron chi connectivity index (χ1n) is 10.5. The average Bonchev–Trinajstić information content (AvgIpc) is 2.74. The molecule has 1 heterocycles. The van der Waals surface area contributed by atoms with Crippen molar-refractivity contribution in [1.82, 2.24) is 10.3 Å². The molecule has 0 spiro atoms. The van der Waals surface area contributed by atoms with Gasteiger partial charge >= 0.3 is 0 Å². The van der Waals surface area contributed by atoms with E-state index in [1.54, 1.807) is 19.9 Å². The number of carbonyl (C=O) groups is 1. The molecule has 4 nitrogen and oxygen atoms in total.